The number of anilines is 3. The molecule has 0 saturated heterocycles. The van der Waals surface area contributed by atoms with Gasteiger partial charge < -0.3 is 28.9 Å². The van der Waals surface area contributed by atoms with Crippen LogP contribution in [0.15, 0.2) is 126 Å². The number of fused-ring (bicyclic) bond motifs is 3. The average molecular weight is 768 g/mol. The van der Waals surface area contributed by atoms with Gasteiger partial charge in [-0.15, -0.1) is 17.3 Å². The molecule has 1 aromatic heterocycles. The maximum absolute atomic E-state index is 5.99. The fourth-order valence-electron chi connectivity index (χ4n) is 5.56. The van der Waals surface area contributed by atoms with Crippen molar-refractivity contribution in [3.05, 3.63) is 160 Å². The number of hydrogen-bond donors (Lipinski definition) is 0. The van der Waals surface area contributed by atoms with Gasteiger partial charge in [-0.1, -0.05) is 41.8 Å². The summed E-state index contributed by atoms with van der Waals surface area (Å²) in [5, 5.41) is 2.27. The summed E-state index contributed by atoms with van der Waals surface area (Å²) >= 11 is 0. The van der Waals surface area contributed by atoms with Gasteiger partial charge in [0.25, 0.3) is 0 Å². The van der Waals surface area contributed by atoms with Gasteiger partial charge in [-0.3, -0.25) is 0 Å². The number of hydrogen-bond acceptors (Lipinski definition) is 6. The molecule has 5 aromatic rings. The zero-order valence-electron chi connectivity index (χ0n) is 25.0. The molecule has 4 aromatic carbocycles. The van der Waals surface area contributed by atoms with E-state index in [0.717, 1.165) is 58.4 Å². The first-order chi connectivity index (χ1) is 21.7. The smallest absolute Gasteiger partial charge is 0.116 e. The second-order valence-corrected chi connectivity index (χ2v) is 10.9. The zero-order chi connectivity index (χ0) is 29.7. The van der Waals surface area contributed by atoms with E-state index < -0.39 is 0 Å². The number of benzene rings is 4. The monoisotopic (exact) mass is 768 g/mol. The molecule has 7 heteroatoms. The van der Waals surface area contributed by atoms with E-state index in [4.69, 9.17) is 4.42 Å². The van der Waals surface area contributed by atoms with Crippen LogP contribution in [0.5, 0.6) is 0 Å². The van der Waals surface area contributed by atoms with Gasteiger partial charge in [0.15, 0.2) is 0 Å². The molecule has 1 unspecified atom stereocenters. The van der Waals surface area contributed by atoms with E-state index in [-0.39, 0.29) is 20.1 Å². The number of para-hydroxylation sites is 3. The molecule has 1 atom stereocenters. The topological polar surface area (TPSA) is 29.3 Å². The third-order valence-electron chi connectivity index (χ3n) is 7.78. The Labute approximate surface area is 279 Å². The molecule has 0 fully saturated rings. The van der Waals surface area contributed by atoms with Crippen LogP contribution in [0.25, 0.3) is 21.9 Å². The summed E-state index contributed by atoms with van der Waals surface area (Å²) in [5.41, 5.74) is 4.90. The van der Waals surface area contributed by atoms with Crippen molar-refractivity contribution in [3.63, 3.8) is 0 Å². The third-order valence-corrected chi connectivity index (χ3v) is 7.78. The van der Waals surface area contributed by atoms with Gasteiger partial charge in [-0.2, -0.15) is 92.2 Å². The quantitative estimate of drug-likeness (QED) is 0.155. The summed E-state index contributed by atoms with van der Waals surface area (Å²) in [7, 11) is 2.00. The molecule has 6 nitrogen and oxygen atoms in total. The molecule has 0 bridgehead atoms. The van der Waals surface area contributed by atoms with Crippen LogP contribution in [-0.2, 0) is 20.1 Å². The molecule has 1 radical (unpaired) electrons. The molecule has 0 amide bonds. The summed E-state index contributed by atoms with van der Waals surface area (Å²) in [6.45, 7) is 7.43. The van der Waals surface area contributed by atoms with E-state index in [1.54, 1.807) is 0 Å². The van der Waals surface area contributed by atoms with Crippen molar-refractivity contribution in [2.45, 2.75) is 12.8 Å². The molecule has 0 spiro atoms. The average Bonchev–Trinajstić information content (AvgIpc) is 3.89. The molecule has 45 heavy (non-hydrogen) atoms. The van der Waals surface area contributed by atoms with Gasteiger partial charge in [0.2, 0.25) is 0 Å². The Kier molecular flexibility index (Phi) is 9.58. The largest absolute Gasteiger partial charge is 0.520 e. The fourth-order valence-corrected chi connectivity index (χ4v) is 5.56. The normalized spacial score (nSPS) is 17.0. The molecule has 231 valence electrons. The van der Waals surface area contributed by atoms with Gasteiger partial charge >= 0.3 is 0 Å². The molecular weight excluding hydrogens is 735 g/mol. The van der Waals surface area contributed by atoms with Crippen LogP contribution in [0.3, 0.4) is 0 Å². The summed E-state index contributed by atoms with van der Waals surface area (Å²) in [6, 6.07) is 38.0. The van der Waals surface area contributed by atoms with Crippen LogP contribution < -0.4 is 14.7 Å². The second kappa shape index (κ2) is 14.1. The molecule has 0 aliphatic carbocycles. The predicted octanol–water partition coefficient (Wildman–Crippen LogP) is 8.32. The number of rotatable bonds is 7. The van der Waals surface area contributed by atoms with Crippen molar-refractivity contribution in [1.29, 1.82) is 0 Å². The first-order valence-electron chi connectivity index (χ1n) is 14.9. The van der Waals surface area contributed by atoms with Gasteiger partial charge in [0, 0.05) is 31.1 Å². The zero-order valence-corrected chi connectivity index (χ0v) is 27.4. The summed E-state index contributed by atoms with van der Waals surface area (Å²) < 4.78 is 5.99. The molecule has 3 aliphatic rings. The van der Waals surface area contributed by atoms with Crippen molar-refractivity contribution in [1.82, 2.24) is 9.80 Å². The van der Waals surface area contributed by atoms with E-state index in [0.29, 0.717) is 5.92 Å². The van der Waals surface area contributed by atoms with E-state index in [9.17, 15) is 0 Å². The minimum atomic E-state index is 0. The van der Waals surface area contributed by atoms with Crippen LogP contribution in [-0.4, -0.2) is 23.4 Å². The van der Waals surface area contributed by atoms with Gasteiger partial charge in [0.1, 0.15) is 5.58 Å². The molecular formula is C38H33IrN5O-6. The van der Waals surface area contributed by atoms with E-state index >= 15 is 0 Å². The fraction of sp³-hybridized carbons (Fsp3) is 0.132. The Balaban J connectivity index is 0.000000160. The van der Waals surface area contributed by atoms with Crippen molar-refractivity contribution < 1.29 is 24.5 Å². The maximum atomic E-state index is 5.99. The Morgan fingerprint density at radius 3 is 2.22 bits per heavy atom. The van der Waals surface area contributed by atoms with Crippen LogP contribution in [0, 0.1) is 44.0 Å². The minimum absolute atomic E-state index is 0. The first kappa shape index (κ1) is 30.6. The Morgan fingerprint density at radius 1 is 0.711 bits per heavy atom. The van der Waals surface area contributed by atoms with Gasteiger partial charge in [0.05, 0.1) is 0 Å². The summed E-state index contributed by atoms with van der Waals surface area (Å²) in [6.07, 6.45) is 14.9. The second-order valence-electron chi connectivity index (χ2n) is 10.9. The van der Waals surface area contributed by atoms with Crippen molar-refractivity contribution in [2.75, 3.05) is 28.3 Å². The molecule has 0 saturated carbocycles. The number of nitrogens with zero attached hydrogens (tertiary/aromatic N) is 5. The van der Waals surface area contributed by atoms with Crippen LogP contribution in [0.4, 0.5) is 17.1 Å². The Morgan fingerprint density at radius 2 is 1.47 bits per heavy atom. The maximum Gasteiger partial charge on any atom is 0.116 e. The van der Waals surface area contributed by atoms with Gasteiger partial charge in [-0.25, -0.2) is 6.54 Å². The molecule has 3 aliphatic heterocycles. The van der Waals surface area contributed by atoms with Crippen molar-refractivity contribution >= 4 is 39.0 Å². The van der Waals surface area contributed by atoms with Crippen LogP contribution in [0.2, 0.25) is 0 Å². The summed E-state index contributed by atoms with van der Waals surface area (Å²) in [4.78, 5) is 10.5. The minimum Gasteiger partial charge on any atom is -0.520 e. The Hall–Kier alpha value is -4.45. The van der Waals surface area contributed by atoms with E-state index in [2.05, 4.69) is 89.0 Å². The summed E-state index contributed by atoms with van der Waals surface area (Å²) in [5.74, 6) is 0.499. The van der Waals surface area contributed by atoms with Crippen LogP contribution in [0.1, 0.15) is 12.8 Å². The van der Waals surface area contributed by atoms with E-state index in [1.165, 1.54) is 0 Å². The molecule has 0 N–H and O–H groups in total. The van der Waals surface area contributed by atoms with Crippen LogP contribution >= 0.6 is 0 Å². The first-order valence-corrected chi connectivity index (χ1v) is 14.9. The van der Waals surface area contributed by atoms with Gasteiger partial charge in [-0.05, 0) is 57.1 Å². The Bertz CT molecular complexity index is 1720. The third kappa shape index (κ3) is 6.95. The molecule has 4 heterocycles. The standard InChI is InChI=1S/C22H21N3.C16H12N2O.Ir/c1-3-9-21(10-4-1)24-15-13-20(18-24)8-7-14-23-16-17-25(19-23)22-11-5-2-6-12-22;1-17-9-10-18(11-17)14-7-4-6-13-12-5-2-3-8-15(12)19-16(13)14;/h1-6,9,11,13,15-20H,7-8,14H2;2-6,8-11H,1H3;/q-4;-2;. The SMILES string of the molecule is CN1C=CN(c2[c-]ccc3c2oc2ccccc23)[CH-]1.[Ir].[c-]1ccccc1N1C=CC(CCCN2C=CN(c3[c-]cccc3)[CH-]2)[CH-]1. The number of furan rings is 1. The molecule has 8 rings (SSSR count). The van der Waals surface area contributed by atoms with Crippen molar-refractivity contribution in [3.8, 4) is 0 Å². The van der Waals surface area contributed by atoms with E-state index in [1.807, 2.05) is 103 Å². The van der Waals surface area contributed by atoms with Crippen molar-refractivity contribution in [2.24, 2.45) is 5.92 Å². The predicted molar refractivity (Wildman–Crippen MR) is 178 cm³/mol.